The first-order chi connectivity index (χ1) is 8.67. The van der Waals surface area contributed by atoms with E-state index in [-0.39, 0.29) is 12.5 Å². The van der Waals surface area contributed by atoms with E-state index in [9.17, 15) is 4.79 Å². The Morgan fingerprint density at radius 2 is 1.94 bits per heavy atom. The molecule has 1 rings (SSSR count). The molecule has 0 aromatic carbocycles. The van der Waals surface area contributed by atoms with E-state index in [2.05, 4.69) is 18.9 Å². The summed E-state index contributed by atoms with van der Waals surface area (Å²) >= 11 is 0. The Labute approximate surface area is 109 Å². The van der Waals surface area contributed by atoms with E-state index in [1.54, 1.807) is 16.9 Å². The fraction of sp³-hybridized carbons (Fsp3) is 0.692. The summed E-state index contributed by atoms with van der Waals surface area (Å²) in [5, 5.41) is 4.04. The van der Waals surface area contributed by atoms with Gasteiger partial charge in [-0.2, -0.15) is 5.10 Å². The van der Waals surface area contributed by atoms with Crippen molar-refractivity contribution in [1.29, 1.82) is 0 Å². The maximum Gasteiger partial charge on any atom is 0.244 e. The molecule has 1 amide bonds. The number of carbonyl (C=O) groups excluding carboxylic acids is 1. The van der Waals surface area contributed by atoms with Crippen LogP contribution in [0, 0.1) is 0 Å². The van der Waals surface area contributed by atoms with Crippen LogP contribution in [0.5, 0.6) is 0 Å². The molecule has 1 heterocycles. The molecule has 102 valence electrons. The van der Waals surface area contributed by atoms with Crippen molar-refractivity contribution >= 4 is 11.7 Å². The van der Waals surface area contributed by atoms with Crippen LogP contribution in [0.4, 0.5) is 5.82 Å². The molecular formula is C13H24N4O. The second-order valence-electron chi connectivity index (χ2n) is 4.53. The number of carbonyl (C=O) groups is 1. The van der Waals surface area contributed by atoms with Gasteiger partial charge in [0, 0.05) is 19.3 Å². The number of rotatable bonds is 8. The highest BCUT2D eigenvalue weighted by Gasteiger charge is 2.13. The third-order valence-electron chi connectivity index (χ3n) is 2.87. The molecule has 1 aromatic heterocycles. The lowest BCUT2D eigenvalue weighted by Crippen LogP contribution is -2.35. The molecule has 0 aliphatic carbocycles. The Morgan fingerprint density at radius 1 is 1.33 bits per heavy atom. The third kappa shape index (κ3) is 4.77. The van der Waals surface area contributed by atoms with Crippen LogP contribution in [-0.4, -0.2) is 33.7 Å². The topological polar surface area (TPSA) is 64.2 Å². The molecule has 0 atom stereocenters. The van der Waals surface area contributed by atoms with Gasteiger partial charge in [0.1, 0.15) is 12.4 Å². The van der Waals surface area contributed by atoms with E-state index < -0.39 is 0 Å². The summed E-state index contributed by atoms with van der Waals surface area (Å²) in [6.45, 7) is 6.23. The number of hydrogen-bond acceptors (Lipinski definition) is 3. The molecule has 2 N–H and O–H groups in total. The van der Waals surface area contributed by atoms with Crippen molar-refractivity contribution in [3.63, 3.8) is 0 Å². The number of anilines is 1. The smallest absolute Gasteiger partial charge is 0.244 e. The monoisotopic (exact) mass is 252 g/mol. The molecule has 5 nitrogen and oxygen atoms in total. The minimum atomic E-state index is 0.125. The SMILES string of the molecule is CCCCN(CCCC)C(=O)Cn1ccc(N)n1. The van der Waals surface area contributed by atoms with Crippen molar-refractivity contribution < 1.29 is 4.79 Å². The van der Waals surface area contributed by atoms with Gasteiger partial charge in [0.25, 0.3) is 0 Å². The lowest BCUT2D eigenvalue weighted by molar-refractivity contribution is -0.132. The summed E-state index contributed by atoms with van der Waals surface area (Å²) in [6, 6.07) is 1.70. The molecule has 1 aromatic rings. The number of amides is 1. The third-order valence-corrected chi connectivity index (χ3v) is 2.87. The number of nitrogens with zero attached hydrogens (tertiary/aromatic N) is 3. The van der Waals surface area contributed by atoms with E-state index in [0.717, 1.165) is 38.8 Å². The molecule has 18 heavy (non-hydrogen) atoms. The average molecular weight is 252 g/mol. The van der Waals surface area contributed by atoms with Gasteiger partial charge in [-0.3, -0.25) is 9.48 Å². The zero-order valence-electron chi connectivity index (χ0n) is 11.4. The normalized spacial score (nSPS) is 10.6. The maximum atomic E-state index is 12.2. The predicted molar refractivity (Wildman–Crippen MR) is 73.0 cm³/mol. The summed E-state index contributed by atoms with van der Waals surface area (Å²) < 4.78 is 1.60. The van der Waals surface area contributed by atoms with Crippen LogP contribution in [0.3, 0.4) is 0 Å². The number of hydrogen-bond donors (Lipinski definition) is 1. The van der Waals surface area contributed by atoms with Crippen LogP contribution >= 0.6 is 0 Å². The van der Waals surface area contributed by atoms with Crippen molar-refractivity contribution in [2.75, 3.05) is 18.8 Å². The molecule has 5 heteroatoms. The molecule has 0 saturated heterocycles. The standard InChI is InChI=1S/C13H24N4O/c1-3-5-8-16(9-6-4-2)13(18)11-17-10-7-12(14)15-17/h7,10H,3-6,8-9,11H2,1-2H3,(H2,14,15). The Hall–Kier alpha value is -1.52. The van der Waals surface area contributed by atoms with E-state index in [1.165, 1.54) is 0 Å². The van der Waals surface area contributed by atoms with Gasteiger partial charge in [-0.25, -0.2) is 0 Å². The van der Waals surface area contributed by atoms with E-state index in [4.69, 9.17) is 5.73 Å². The Bertz CT molecular complexity index is 354. The summed E-state index contributed by atoms with van der Waals surface area (Å²) in [4.78, 5) is 14.1. The van der Waals surface area contributed by atoms with E-state index in [1.807, 2.05) is 4.90 Å². The van der Waals surface area contributed by atoms with Gasteiger partial charge in [0.15, 0.2) is 0 Å². The van der Waals surface area contributed by atoms with E-state index in [0.29, 0.717) is 5.82 Å². The van der Waals surface area contributed by atoms with Gasteiger partial charge in [0.2, 0.25) is 5.91 Å². The van der Waals surface area contributed by atoms with Crippen molar-refractivity contribution in [2.45, 2.75) is 46.1 Å². The van der Waals surface area contributed by atoms with Crippen LogP contribution in [0.25, 0.3) is 0 Å². The molecule has 0 fully saturated rings. The van der Waals surface area contributed by atoms with Gasteiger partial charge >= 0.3 is 0 Å². The zero-order valence-corrected chi connectivity index (χ0v) is 11.4. The van der Waals surface area contributed by atoms with Gasteiger partial charge in [0.05, 0.1) is 0 Å². The minimum Gasteiger partial charge on any atom is -0.382 e. The van der Waals surface area contributed by atoms with Gasteiger partial charge in [-0.15, -0.1) is 0 Å². The van der Waals surface area contributed by atoms with Crippen LogP contribution < -0.4 is 5.73 Å². The lowest BCUT2D eigenvalue weighted by atomic mass is 10.2. The summed E-state index contributed by atoms with van der Waals surface area (Å²) in [5.74, 6) is 0.580. The second-order valence-corrected chi connectivity index (χ2v) is 4.53. The van der Waals surface area contributed by atoms with Crippen molar-refractivity contribution in [2.24, 2.45) is 0 Å². The van der Waals surface area contributed by atoms with Gasteiger partial charge < -0.3 is 10.6 Å². The highest BCUT2D eigenvalue weighted by atomic mass is 16.2. The quantitative estimate of drug-likeness (QED) is 0.768. The maximum absolute atomic E-state index is 12.2. The number of unbranched alkanes of at least 4 members (excludes halogenated alkanes) is 2. The van der Waals surface area contributed by atoms with Crippen LogP contribution in [0.15, 0.2) is 12.3 Å². The fourth-order valence-electron chi connectivity index (χ4n) is 1.76. The molecule has 0 aliphatic rings. The van der Waals surface area contributed by atoms with Crippen molar-refractivity contribution in [1.82, 2.24) is 14.7 Å². The lowest BCUT2D eigenvalue weighted by Gasteiger charge is -2.22. The van der Waals surface area contributed by atoms with Crippen LogP contribution in [-0.2, 0) is 11.3 Å². The van der Waals surface area contributed by atoms with Gasteiger partial charge in [-0.1, -0.05) is 26.7 Å². The van der Waals surface area contributed by atoms with Crippen LogP contribution in [0.2, 0.25) is 0 Å². The number of aromatic nitrogens is 2. The first-order valence-electron chi connectivity index (χ1n) is 6.74. The van der Waals surface area contributed by atoms with Crippen LogP contribution in [0.1, 0.15) is 39.5 Å². The number of nitrogens with two attached hydrogens (primary N) is 1. The second kappa shape index (κ2) is 7.74. The molecule has 0 saturated carbocycles. The van der Waals surface area contributed by atoms with Crippen molar-refractivity contribution in [3.05, 3.63) is 12.3 Å². The Kier molecular flexibility index (Phi) is 6.25. The largest absolute Gasteiger partial charge is 0.382 e. The highest BCUT2D eigenvalue weighted by Crippen LogP contribution is 2.03. The fourth-order valence-corrected chi connectivity index (χ4v) is 1.76. The summed E-state index contributed by atoms with van der Waals surface area (Å²) in [7, 11) is 0. The zero-order chi connectivity index (χ0) is 13.4. The first-order valence-corrected chi connectivity index (χ1v) is 6.74. The molecule has 0 bridgehead atoms. The first kappa shape index (κ1) is 14.5. The highest BCUT2D eigenvalue weighted by molar-refractivity contribution is 5.75. The Balaban J connectivity index is 2.51. The molecule has 0 aliphatic heterocycles. The minimum absolute atomic E-state index is 0.125. The summed E-state index contributed by atoms with van der Waals surface area (Å²) in [5.41, 5.74) is 5.53. The molecule has 0 spiro atoms. The van der Waals surface area contributed by atoms with Crippen molar-refractivity contribution in [3.8, 4) is 0 Å². The van der Waals surface area contributed by atoms with E-state index >= 15 is 0 Å². The number of nitrogen functional groups attached to an aromatic ring is 1. The van der Waals surface area contributed by atoms with Gasteiger partial charge in [-0.05, 0) is 18.9 Å². The predicted octanol–water partition coefficient (Wildman–Crippen LogP) is 1.89. The average Bonchev–Trinajstić information content (AvgIpc) is 2.75. The Morgan fingerprint density at radius 3 is 2.39 bits per heavy atom. The molecule has 0 unspecified atom stereocenters. The molecule has 0 radical (unpaired) electrons. The molecular weight excluding hydrogens is 228 g/mol. The summed E-state index contributed by atoms with van der Waals surface area (Å²) in [6.07, 6.45) is 6.05.